The quantitative estimate of drug-likeness (QED) is 0.842. The van der Waals surface area contributed by atoms with Crippen LogP contribution in [0.5, 0.6) is 0 Å². The summed E-state index contributed by atoms with van der Waals surface area (Å²) in [6.07, 6.45) is -4.64. The third-order valence-electron chi connectivity index (χ3n) is 3.19. The van der Waals surface area contributed by atoms with Gasteiger partial charge in [0.1, 0.15) is 5.60 Å². The van der Waals surface area contributed by atoms with E-state index in [9.17, 15) is 26.4 Å². The fourth-order valence-electron chi connectivity index (χ4n) is 2.32. The highest BCUT2D eigenvalue weighted by atomic mass is 32.2. The molecule has 1 aromatic rings. The van der Waals surface area contributed by atoms with Crippen LogP contribution in [0.4, 0.5) is 23.8 Å². The first-order valence-corrected chi connectivity index (χ1v) is 9.19. The first kappa shape index (κ1) is 19.3. The van der Waals surface area contributed by atoms with Gasteiger partial charge >= 0.3 is 12.3 Å². The maximum Gasteiger partial charge on any atom is 0.449 e. The zero-order valence-corrected chi connectivity index (χ0v) is 15.0. The van der Waals surface area contributed by atoms with Crippen molar-refractivity contribution in [1.29, 1.82) is 0 Å². The highest BCUT2D eigenvalue weighted by Crippen LogP contribution is 2.34. The summed E-state index contributed by atoms with van der Waals surface area (Å²) >= 11 is 0. The molecule has 1 N–H and O–H groups in total. The zero-order chi connectivity index (χ0) is 19.2. The minimum atomic E-state index is -4.75. The van der Waals surface area contributed by atoms with E-state index in [1.807, 2.05) is 4.72 Å². The Kier molecular flexibility index (Phi) is 4.70. The van der Waals surface area contributed by atoms with Crippen LogP contribution >= 0.6 is 0 Å². The molecule has 0 atom stereocenters. The minimum absolute atomic E-state index is 0.0142. The first-order chi connectivity index (χ1) is 11.2. The second-order valence-electron chi connectivity index (χ2n) is 6.66. The normalized spacial score (nSPS) is 15.7. The van der Waals surface area contributed by atoms with E-state index in [0.717, 1.165) is 10.8 Å². The molecule has 2 rings (SSSR count). The Morgan fingerprint density at radius 2 is 1.84 bits per heavy atom. The van der Waals surface area contributed by atoms with Gasteiger partial charge in [-0.3, -0.25) is 4.72 Å². The number of imidazole rings is 1. The predicted octanol–water partition coefficient (Wildman–Crippen LogP) is 2.02. The van der Waals surface area contributed by atoms with Crippen molar-refractivity contribution < 1.29 is 31.1 Å². The molecule has 142 valence electrons. The largest absolute Gasteiger partial charge is 0.449 e. The molecule has 25 heavy (non-hydrogen) atoms. The lowest BCUT2D eigenvalue weighted by molar-refractivity contribution is -0.147. The SMILES string of the molecule is CC(C)(C)OC(=O)N1CCn2c(C(F)(F)F)nc(NS(C)(=O)=O)c2C1. The van der Waals surface area contributed by atoms with Crippen LogP contribution in [0.1, 0.15) is 32.3 Å². The Bertz CT molecular complexity index is 780. The van der Waals surface area contributed by atoms with Crippen LogP contribution in [0.3, 0.4) is 0 Å². The molecule has 8 nitrogen and oxygen atoms in total. The maximum absolute atomic E-state index is 13.1. The van der Waals surface area contributed by atoms with Crippen molar-refractivity contribution in [3.8, 4) is 0 Å². The number of anilines is 1. The van der Waals surface area contributed by atoms with Crippen LogP contribution in [-0.4, -0.2) is 47.4 Å². The highest BCUT2D eigenvalue weighted by Gasteiger charge is 2.41. The maximum atomic E-state index is 13.1. The number of nitrogens with one attached hydrogen (secondary N) is 1. The lowest BCUT2D eigenvalue weighted by atomic mass is 10.2. The third kappa shape index (κ3) is 4.77. The molecule has 2 heterocycles. The van der Waals surface area contributed by atoms with Gasteiger partial charge in [0.2, 0.25) is 15.8 Å². The van der Waals surface area contributed by atoms with Crippen LogP contribution in [0.2, 0.25) is 0 Å². The molecular formula is C13H19F3N4O4S. The second-order valence-corrected chi connectivity index (χ2v) is 8.40. The second kappa shape index (κ2) is 6.07. The predicted molar refractivity (Wildman–Crippen MR) is 82.3 cm³/mol. The summed E-state index contributed by atoms with van der Waals surface area (Å²) in [5, 5.41) is 0. The number of ether oxygens (including phenoxy) is 1. The summed E-state index contributed by atoms with van der Waals surface area (Å²) in [5.74, 6) is -1.65. The molecule has 0 saturated heterocycles. The van der Waals surface area contributed by atoms with Gasteiger partial charge in [0.05, 0.1) is 18.5 Å². The number of hydrogen-bond acceptors (Lipinski definition) is 5. The molecule has 0 bridgehead atoms. The van der Waals surface area contributed by atoms with E-state index in [4.69, 9.17) is 4.74 Å². The molecule has 12 heteroatoms. The monoisotopic (exact) mass is 384 g/mol. The number of halogens is 3. The van der Waals surface area contributed by atoms with Crippen molar-refractivity contribution in [2.75, 3.05) is 17.5 Å². The van der Waals surface area contributed by atoms with E-state index in [-0.39, 0.29) is 25.3 Å². The van der Waals surface area contributed by atoms with Gasteiger partial charge in [-0.15, -0.1) is 0 Å². The van der Waals surface area contributed by atoms with E-state index in [2.05, 4.69) is 4.98 Å². The van der Waals surface area contributed by atoms with Crippen molar-refractivity contribution in [3.05, 3.63) is 11.5 Å². The summed E-state index contributed by atoms with van der Waals surface area (Å²) < 4.78 is 70.3. The molecule has 0 radical (unpaired) electrons. The Morgan fingerprint density at radius 1 is 1.24 bits per heavy atom. The number of sulfonamides is 1. The van der Waals surface area contributed by atoms with Crippen LogP contribution in [0.15, 0.2) is 0 Å². The molecule has 0 spiro atoms. The fourth-order valence-corrected chi connectivity index (χ4v) is 2.84. The van der Waals surface area contributed by atoms with Gasteiger partial charge in [-0.25, -0.2) is 18.2 Å². The van der Waals surface area contributed by atoms with Crippen LogP contribution in [0, 0.1) is 0 Å². The van der Waals surface area contributed by atoms with Crippen molar-refractivity contribution in [3.63, 3.8) is 0 Å². The van der Waals surface area contributed by atoms with Crippen LogP contribution in [0.25, 0.3) is 0 Å². The molecule has 1 amide bonds. The summed E-state index contributed by atoms with van der Waals surface area (Å²) in [7, 11) is -3.84. The van der Waals surface area contributed by atoms with Crippen LogP contribution in [-0.2, 0) is 34.0 Å². The Labute approximate surface area is 143 Å². The van der Waals surface area contributed by atoms with E-state index in [1.165, 1.54) is 4.90 Å². The molecule has 0 fully saturated rings. The smallest absolute Gasteiger partial charge is 0.444 e. The number of nitrogens with zero attached hydrogens (tertiary/aromatic N) is 3. The molecule has 0 aliphatic carbocycles. The van der Waals surface area contributed by atoms with E-state index in [1.54, 1.807) is 20.8 Å². The third-order valence-corrected chi connectivity index (χ3v) is 3.76. The van der Waals surface area contributed by atoms with Gasteiger partial charge in [0.25, 0.3) is 0 Å². The Morgan fingerprint density at radius 3 is 2.32 bits per heavy atom. The molecule has 0 aromatic carbocycles. The zero-order valence-electron chi connectivity index (χ0n) is 14.1. The Balaban J connectivity index is 2.39. The number of fused-ring (bicyclic) bond motifs is 1. The average Bonchev–Trinajstić information content (AvgIpc) is 2.73. The van der Waals surface area contributed by atoms with E-state index in [0.29, 0.717) is 0 Å². The molecule has 0 unspecified atom stereocenters. The summed E-state index contributed by atoms with van der Waals surface area (Å²) in [4.78, 5) is 16.7. The standard InChI is InChI=1S/C13H19F3N4O4S/c1-12(2,3)24-11(21)19-5-6-20-8(7-19)9(18-25(4,22)23)17-10(20)13(14,15)16/h18H,5-7H2,1-4H3. The molecule has 1 aliphatic heterocycles. The molecular weight excluding hydrogens is 365 g/mol. The van der Waals surface area contributed by atoms with Crippen molar-refractivity contribution in [2.24, 2.45) is 0 Å². The van der Waals surface area contributed by atoms with Crippen molar-refractivity contribution in [1.82, 2.24) is 14.5 Å². The number of carbonyl (C=O) groups excluding carboxylic acids is 1. The highest BCUT2D eigenvalue weighted by molar-refractivity contribution is 7.92. The van der Waals surface area contributed by atoms with E-state index >= 15 is 0 Å². The summed E-state index contributed by atoms with van der Waals surface area (Å²) in [6, 6.07) is 0. The van der Waals surface area contributed by atoms with Crippen molar-refractivity contribution >= 4 is 21.9 Å². The topological polar surface area (TPSA) is 93.5 Å². The van der Waals surface area contributed by atoms with E-state index < -0.39 is 39.5 Å². The number of rotatable bonds is 2. The lowest BCUT2D eigenvalue weighted by Gasteiger charge is -2.31. The van der Waals surface area contributed by atoms with Gasteiger partial charge in [-0.2, -0.15) is 13.2 Å². The molecule has 1 aromatic heterocycles. The number of amides is 1. The van der Waals surface area contributed by atoms with Crippen LogP contribution < -0.4 is 4.72 Å². The van der Waals surface area contributed by atoms with Crippen molar-refractivity contribution in [2.45, 2.75) is 45.6 Å². The minimum Gasteiger partial charge on any atom is -0.444 e. The Hall–Kier alpha value is -1.98. The average molecular weight is 384 g/mol. The van der Waals surface area contributed by atoms with Gasteiger partial charge in [-0.05, 0) is 20.8 Å². The molecule has 1 aliphatic rings. The number of carbonyl (C=O) groups is 1. The number of hydrogen-bond donors (Lipinski definition) is 1. The first-order valence-electron chi connectivity index (χ1n) is 7.30. The van der Waals surface area contributed by atoms with Gasteiger partial charge in [0.15, 0.2) is 5.82 Å². The van der Waals surface area contributed by atoms with Gasteiger partial charge < -0.3 is 14.2 Å². The van der Waals surface area contributed by atoms with Gasteiger partial charge in [-0.1, -0.05) is 0 Å². The number of alkyl halides is 3. The van der Waals surface area contributed by atoms with Gasteiger partial charge in [0, 0.05) is 13.1 Å². The number of aromatic nitrogens is 2. The summed E-state index contributed by atoms with van der Waals surface area (Å²) in [5.41, 5.74) is -0.811. The lowest BCUT2D eigenvalue weighted by Crippen LogP contribution is -2.42. The fraction of sp³-hybridized carbons (Fsp3) is 0.692. The summed E-state index contributed by atoms with van der Waals surface area (Å²) in [6.45, 7) is 4.55. The molecule has 0 saturated carbocycles.